The van der Waals surface area contributed by atoms with E-state index in [1.807, 2.05) is 26.8 Å². The molecule has 74 heavy (non-hydrogen) atoms. The molecule has 4 heterocycles. The van der Waals surface area contributed by atoms with E-state index in [1.165, 1.54) is 6.92 Å². The average molecular weight is 1050 g/mol. The van der Waals surface area contributed by atoms with Crippen molar-refractivity contribution in [3.8, 4) is 0 Å². The molecule has 3 saturated carbocycles. The number of ether oxygens (including phenoxy) is 12. The minimum absolute atomic E-state index is 0.00475. The predicted molar refractivity (Wildman–Crippen MR) is 262 cm³/mol. The smallest absolute Gasteiger partial charge is 0.338 e. The van der Waals surface area contributed by atoms with Crippen molar-refractivity contribution in [1.29, 1.82) is 0 Å². The number of benzene rings is 1. The summed E-state index contributed by atoms with van der Waals surface area (Å²) >= 11 is 0. The molecule has 1 aromatic carbocycles. The molecule has 0 radical (unpaired) electrons. The number of rotatable bonds is 14. The van der Waals surface area contributed by atoms with Crippen molar-refractivity contribution in [2.45, 2.75) is 253 Å². The van der Waals surface area contributed by atoms with E-state index >= 15 is 0 Å². The second-order valence-corrected chi connectivity index (χ2v) is 23.2. The molecule has 19 heteroatoms. The average Bonchev–Trinajstić information content (AvgIpc) is 3.61. The van der Waals surface area contributed by atoms with E-state index in [1.54, 1.807) is 65.5 Å². The maximum absolute atomic E-state index is 13.7. The van der Waals surface area contributed by atoms with Gasteiger partial charge < -0.3 is 87.5 Å². The van der Waals surface area contributed by atoms with Crippen LogP contribution in [0.25, 0.3) is 0 Å². The number of hydrogen-bond donors (Lipinski definition) is 6. The van der Waals surface area contributed by atoms with Gasteiger partial charge in [-0.3, -0.25) is 0 Å². The minimum atomic E-state index is -1.92. The molecule has 9 rings (SSSR count). The van der Waals surface area contributed by atoms with E-state index in [9.17, 15) is 35.4 Å². The third-order valence-corrected chi connectivity index (χ3v) is 19.3. The van der Waals surface area contributed by atoms with Crippen LogP contribution in [-0.4, -0.2) is 191 Å². The van der Waals surface area contributed by atoms with Crippen LogP contribution in [0.1, 0.15) is 129 Å². The lowest BCUT2D eigenvalue weighted by Gasteiger charge is -2.67. The van der Waals surface area contributed by atoms with E-state index < -0.39 is 144 Å². The van der Waals surface area contributed by atoms with Gasteiger partial charge in [0.2, 0.25) is 0 Å². The molecule has 0 aromatic heterocycles. The van der Waals surface area contributed by atoms with Crippen molar-refractivity contribution in [2.24, 2.45) is 16.7 Å². The molecule has 4 saturated heterocycles. The number of fused-ring (bicyclic) bond motifs is 5. The second-order valence-electron chi connectivity index (χ2n) is 23.2. The SMILES string of the molecule is CO[C@H]1C[C@H](O[C@H]2[C@@H](O)C[C@H](O[C@H]3CC[C@@]4(C)C(=CC[C@]5(O)[C@@H]4C[C@@H](OC(=O)c4ccccc4)[C@@]4(C)[C@]5(O)CC[C@@]4(O)[C@H](C)O)C3)O[C@@H]2C)O[C@H](C)[C@H]1O[C@H]1C[C@@H](OC)[C@H](O[C@H]2C[C@@H](OC)[C@H](O)[C@@H](C)O2)[C@@H](C)O1. The third kappa shape index (κ3) is 9.76. The van der Waals surface area contributed by atoms with Gasteiger partial charge in [-0.05, 0) is 97.1 Å². The fourth-order valence-corrected chi connectivity index (χ4v) is 14.8. The number of hydrogen-bond acceptors (Lipinski definition) is 19. The lowest BCUT2D eigenvalue weighted by molar-refractivity contribution is -0.346. The summed E-state index contributed by atoms with van der Waals surface area (Å²) in [6, 6.07) is 8.56. The zero-order valence-electron chi connectivity index (χ0n) is 44.8. The van der Waals surface area contributed by atoms with Crippen LogP contribution in [0.3, 0.4) is 0 Å². The number of aliphatic hydroxyl groups excluding tert-OH is 3. The van der Waals surface area contributed by atoms with Crippen LogP contribution in [0.4, 0.5) is 0 Å². The van der Waals surface area contributed by atoms with Gasteiger partial charge in [0, 0.05) is 52.9 Å². The van der Waals surface area contributed by atoms with Crippen molar-refractivity contribution in [3.63, 3.8) is 0 Å². The van der Waals surface area contributed by atoms with Gasteiger partial charge in [-0.1, -0.05) is 43.7 Å². The standard InChI is InChI=1S/C55H84O19/c1-28-46(58)37(63-8)24-43(66-28)73-48-31(4)69-45(26-39(48)65-10)74-49-30(3)68-44(25-38(49)64-9)72-47-29(2)67-42(23-36(47)57)70-35-17-18-51(6)34(22-35)16-19-54(61)40(51)27-41(71-50(59)33-14-12-11-13-15-33)52(7)53(60,32(5)56)20-21-55(52,54)62/h11-16,28-32,35-49,56-58,60-62H,17-27H2,1-10H3/t28-,29-,30-,31-,32+,35+,36+,37-,38+,39-,40-,41-,42+,43+,44+,45+,46-,47-,48-,49-,51+,52-,53-,54+,55-/m1/s1. The first-order valence-corrected chi connectivity index (χ1v) is 27.0. The molecule has 1 aromatic rings. The summed E-state index contributed by atoms with van der Waals surface area (Å²) in [5.41, 5.74) is -6.34. The molecule has 19 nitrogen and oxygen atoms in total. The number of carbonyl (C=O) groups excluding carboxylic acids is 1. The van der Waals surface area contributed by atoms with Crippen LogP contribution in [0, 0.1) is 16.7 Å². The summed E-state index contributed by atoms with van der Waals surface area (Å²) < 4.78 is 74.8. The van der Waals surface area contributed by atoms with Gasteiger partial charge in [-0.15, -0.1) is 0 Å². The summed E-state index contributed by atoms with van der Waals surface area (Å²) in [5.74, 6) is -1.18. The Balaban J connectivity index is 0.798. The molecular weight excluding hydrogens is 965 g/mol. The van der Waals surface area contributed by atoms with E-state index in [-0.39, 0.29) is 44.3 Å². The Hall–Kier alpha value is -2.25. The molecule has 4 aliphatic carbocycles. The fraction of sp³-hybridized carbons (Fsp3) is 0.836. The zero-order chi connectivity index (χ0) is 53.3. The van der Waals surface area contributed by atoms with Gasteiger partial charge in [0.05, 0.1) is 72.0 Å². The van der Waals surface area contributed by atoms with Crippen molar-refractivity contribution in [1.82, 2.24) is 0 Å². The quantitative estimate of drug-likeness (QED) is 0.114. The van der Waals surface area contributed by atoms with Gasteiger partial charge in [-0.25, -0.2) is 4.79 Å². The van der Waals surface area contributed by atoms with Crippen molar-refractivity contribution in [3.05, 3.63) is 47.5 Å². The molecule has 0 bridgehead atoms. The molecular formula is C55H84O19. The molecule has 0 amide bonds. The normalized spacial score (nSPS) is 49.9. The molecule has 8 aliphatic rings. The van der Waals surface area contributed by atoms with Gasteiger partial charge in [-0.2, -0.15) is 0 Å². The zero-order valence-corrected chi connectivity index (χ0v) is 44.8. The van der Waals surface area contributed by atoms with E-state index in [0.717, 1.165) is 5.57 Å². The first kappa shape index (κ1) is 56.5. The summed E-state index contributed by atoms with van der Waals surface area (Å²) in [4.78, 5) is 13.7. The molecule has 7 fully saturated rings. The number of aliphatic hydroxyl groups is 6. The van der Waals surface area contributed by atoms with Crippen LogP contribution in [0.15, 0.2) is 42.0 Å². The van der Waals surface area contributed by atoms with Crippen LogP contribution in [0.5, 0.6) is 0 Å². The van der Waals surface area contributed by atoms with Crippen molar-refractivity contribution < 1.29 is 92.3 Å². The second kappa shape index (κ2) is 21.8. The molecule has 418 valence electrons. The van der Waals surface area contributed by atoms with Crippen LogP contribution < -0.4 is 0 Å². The van der Waals surface area contributed by atoms with Crippen molar-refractivity contribution in [2.75, 3.05) is 21.3 Å². The van der Waals surface area contributed by atoms with Crippen LogP contribution in [0.2, 0.25) is 0 Å². The number of esters is 1. The van der Waals surface area contributed by atoms with Gasteiger partial charge in [0.1, 0.15) is 47.3 Å². The lowest BCUT2D eigenvalue weighted by atomic mass is 9.42. The Morgan fingerprint density at radius 1 is 0.676 bits per heavy atom. The highest BCUT2D eigenvalue weighted by Gasteiger charge is 2.81. The summed E-state index contributed by atoms with van der Waals surface area (Å²) in [7, 11) is 4.79. The molecule has 4 aliphatic heterocycles. The highest BCUT2D eigenvalue weighted by molar-refractivity contribution is 5.89. The fourth-order valence-electron chi connectivity index (χ4n) is 14.8. The summed E-state index contributed by atoms with van der Waals surface area (Å²) in [6.45, 7) is 12.6. The maximum Gasteiger partial charge on any atom is 0.338 e. The third-order valence-electron chi connectivity index (χ3n) is 19.3. The molecule has 25 atom stereocenters. The van der Waals surface area contributed by atoms with E-state index in [4.69, 9.17) is 56.8 Å². The number of carbonyl (C=O) groups is 1. The Morgan fingerprint density at radius 3 is 1.76 bits per heavy atom. The monoisotopic (exact) mass is 1050 g/mol. The van der Waals surface area contributed by atoms with Gasteiger partial charge in [0.25, 0.3) is 0 Å². The largest absolute Gasteiger partial charge is 0.458 e. The Kier molecular flexibility index (Phi) is 16.6. The lowest BCUT2D eigenvalue weighted by Crippen LogP contribution is -2.78. The summed E-state index contributed by atoms with van der Waals surface area (Å²) in [5, 5.41) is 71.3. The van der Waals surface area contributed by atoms with Crippen LogP contribution >= 0.6 is 0 Å². The molecule has 0 spiro atoms. The first-order valence-electron chi connectivity index (χ1n) is 27.0. The topological polar surface area (TPSA) is 249 Å². The maximum atomic E-state index is 13.7. The Labute approximate surface area is 435 Å². The predicted octanol–water partition coefficient (Wildman–Crippen LogP) is 3.97. The summed E-state index contributed by atoms with van der Waals surface area (Å²) in [6.07, 6.45) is -6.84. The highest BCUT2D eigenvalue weighted by atomic mass is 16.8. The number of methoxy groups -OCH3 is 3. The first-order chi connectivity index (χ1) is 35.0. The Bertz CT molecular complexity index is 2100. The van der Waals surface area contributed by atoms with E-state index in [0.29, 0.717) is 44.1 Å². The minimum Gasteiger partial charge on any atom is -0.458 e. The van der Waals surface area contributed by atoms with E-state index in [2.05, 4.69) is 6.92 Å². The molecule has 0 unspecified atom stereocenters. The van der Waals surface area contributed by atoms with Gasteiger partial charge in [0.15, 0.2) is 25.2 Å². The molecule has 6 N–H and O–H groups in total. The Morgan fingerprint density at radius 2 is 1.20 bits per heavy atom. The van der Waals surface area contributed by atoms with Crippen molar-refractivity contribution >= 4 is 5.97 Å². The highest BCUT2D eigenvalue weighted by Crippen LogP contribution is 2.71. The van der Waals surface area contributed by atoms with Gasteiger partial charge >= 0.3 is 5.97 Å². The van der Waals surface area contributed by atoms with Crippen LogP contribution in [-0.2, 0) is 56.8 Å².